The molecule has 3 aromatic rings. The van der Waals surface area contributed by atoms with E-state index in [0.717, 1.165) is 22.5 Å². The van der Waals surface area contributed by atoms with Crippen molar-refractivity contribution in [3.63, 3.8) is 0 Å². The zero-order valence-electron chi connectivity index (χ0n) is 15.7. The van der Waals surface area contributed by atoms with E-state index in [1.807, 2.05) is 62.4 Å². The molecule has 1 aromatic heterocycles. The molecule has 0 atom stereocenters. The molecular formula is C20H21N5O2S. The van der Waals surface area contributed by atoms with Crippen LogP contribution in [0.5, 0.6) is 0 Å². The lowest BCUT2D eigenvalue weighted by molar-refractivity contribution is -0.116. The van der Waals surface area contributed by atoms with Crippen molar-refractivity contribution in [1.29, 1.82) is 0 Å². The number of aromatic nitrogens is 3. The van der Waals surface area contributed by atoms with Crippen LogP contribution in [0.15, 0.2) is 53.7 Å². The van der Waals surface area contributed by atoms with E-state index in [-0.39, 0.29) is 18.1 Å². The van der Waals surface area contributed by atoms with Crippen molar-refractivity contribution >= 4 is 29.3 Å². The topological polar surface area (TPSA) is 103 Å². The van der Waals surface area contributed by atoms with Gasteiger partial charge in [0.05, 0.1) is 12.2 Å². The van der Waals surface area contributed by atoms with Crippen LogP contribution >= 0.6 is 11.8 Å². The van der Waals surface area contributed by atoms with Crippen molar-refractivity contribution in [1.82, 2.24) is 14.8 Å². The number of amides is 2. The van der Waals surface area contributed by atoms with Gasteiger partial charge in [0.15, 0.2) is 5.16 Å². The molecule has 0 saturated carbocycles. The van der Waals surface area contributed by atoms with Gasteiger partial charge in [0.1, 0.15) is 5.82 Å². The summed E-state index contributed by atoms with van der Waals surface area (Å²) >= 11 is 1.19. The van der Waals surface area contributed by atoms with Crippen molar-refractivity contribution in [2.45, 2.75) is 25.4 Å². The highest BCUT2D eigenvalue weighted by molar-refractivity contribution is 7.99. The zero-order chi connectivity index (χ0) is 20.1. The van der Waals surface area contributed by atoms with E-state index in [1.165, 1.54) is 11.8 Å². The first-order chi connectivity index (χ1) is 13.4. The zero-order valence-corrected chi connectivity index (χ0v) is 16.5. The Morgan fingerprint density at radius 2 is 1.86 bits per heavy atom. The van der Waals surface area contributed by atoms with Crippen LogP contribution in [0.3, 0.4) is 0 Å². The molecule has 0 saturated heterocycles. The fourth-order valence-electron chi connectivity index (χ4n) is 2.77. The smallest absolute Gasteiger partial charge is 0.232 e. The molecule has 3 rings (SSSR count). The molecule has 0 bridgehead atoms. The molecule has 0 spiro atoms. The number of hydrogen-bond donors (Lipinski definition) is 2. The van der Waals surface area contributed by atoms with Crippen molar-refractivity contribution in [2.75, 3.05) is 11.1 Å². The fraction of sp³-hybridized carbons (Fsp3) is 0.200. The minimum absolute atomic E-state index is 0.0480. The molecule has 8 heteroatoms. The van der Waals surface area contributed by atoms with Gasteiger partial charge in [-0.15, -0.1) is 10.2 Å². The van der Waals surface area contributed by atoms with Gasteiger partial charge in [-0.05, 0) is 37.6 Å². The Bertz CT molecular complexity index is 1000. The number of primary amides is 1. The first-order valence-electron chi connectivity index (χ1n) is 8.72. The number of carbonyl (C=O) groups is 2. The van der Waals surface area contributed by atoms with E-state index >= 15 is 0 Å². The predicted octanol–water partition coefficient (Wildman–Crippen LogP) is 2.64. The molecule has 3 N–H and O–H groups in total. The second kappa shape index (κ2) is 8.71. The molecule has 28 heavy (non-hydrogen) atoms. The number of nitrogens with zero attached hydrogens (tertiary/aromatic N) is 3. The normalized spacial score (nSPS) is 10.6. The van der Waals surface area contributed by atoms with Crippen molar-refractivity contribution in [2.24, 2.45) is 5.73 Å². The monoisotopic (exact) mass is 395 g/mol. The quantitative estimate of drug-likeness (QED) is 0.599. The number of benzene rings is 2. The van der Waals surface area contributed by atoms with Crippen LogP contribution in [0.1, 0.15) is 17.0 Å². The Morgan fingerprint density at radius 1 is 1.11 bits per heavy atom. The molecule has 7 nitrogen and oxygen atoms in total. The summed E-state index contributed by atoms with van der Waals surface area (Å²) in [6.07, 6.45) is 0.0480. The van der Waals surface area contributed by atoms with Gasteiger partial charge in [-0.3, -0.25) is 14.2 Å². The Labute approximate surface area is 167 Å². The third-order valence-corrected chi connectivity index (χ3v) is 4.98. The van der Waals surface area contributed by atoms with Gasteiger partial charge in [0.2, 0.25) is 11.8 Å². The number of rotatable bonds is 7. The predicted molar refractivity (Wildman–Crippen MR) is 110 cm³/mol. The largest absolute Gasteiger partial charge is 0.369 e. The van der Waals surface area contributed by atoms with Gasteiger partial charge in [0, 0.05) is 11.4 Å². The average molecular weight is 395 g/mol. The standard InChI is InChI=1S/C20H21N5O2S/c1-13-8-9-16(14(2)10-13)22-19(27)11-18-23-24-20(28-12-17(21)26)25(18)15-6-4-3-5-7-15/h3-10H,11-12H2,1-2H3,(H2,21,26)(H,22,27). The highest BCUT2D eigenvalue weighted by Crippen LogP contribution is 2.22. The lowest BCUT2D eigenvalue weighted by Crippen LogP contribution is -2.18. The van der Waals surface area contributed by atoms with Gasteiger partial charge >= 0.3 is 0 Å². The summed E-state index contributed by atoms with van der Waals surface area (Å²) in [6.45, 7) is 3.96. The SMILES string of the molecule is Cc1ccc(NC(=O)Cc2nnc(SCC(N)=O)n2-c2ccccc2)c(C)c1. The van der Waals surface area contributed by atoms with Crippen molar-refractivity contribution in [3.05, 3.63) is 65.5 Å². The number of para-hydroxylation sites is 1. The maximum Gasteiger partial charge on any atom is 0.232 e. The van der Waals surface area contributed by atoms with Gasteiger partial charge in [-0.25, -0.2) is 0 Å². The highest BCUT2D eigenvalue weighted by atomic mass is 32.2. The van der Waals surface area contributed by atoms with Gasteiger partial charge < -0.3 is 11.1 Å². The fourth-order valence-corrected chi connectivity index (χ4v) is 3.48. The molecule has 0 aliphatic carbocycles. The number of carbonyl (C=O) groups excluding carboxylic acids is 2. The van der Waals surface area contributed by atoms with Crippen LogP contribution in [0.2, 0.25) is 0 Å². The van der Waals surface area contributed by atoms with Crippen LogP contribution in [0.4, 0.5) is 5.69 Å². The van der Waals surface area contributed by atoms with Crippen LogP contribution in [-0.2, 0) is 16.0 Å². The van der Waals surface area contributed by atoms with Gasteiger partial charge in [0.25, 0.3) is 0 Å². The maximum absolute atomic E-state index is 12.6. The number of anilines is 1. The Kier molecular flexibility index (Phi) is 6.10. The number of aryl methyl sites for hydroxylation is 2. The second-order valence-corrected chi connectivity index (χ2v) is 7.31. The van der Waals surface area contributed by atoms with E-state index < -0.39 is 5.91 Å². The second-order valence-electron chi connectivity index (χ2n) is 6.37. The Hall–Kier alpha value is -3.13. The van der Waals surface area contributed by atoms with Crippen LogP contribution in [0.25, 0.3) is 5.69 Å². The van der Waals surface area contributed by atoms with Gasteiger partial charge in [-0.2, -0.15) is 0 Å². The van der Waals surface area contributed by atoms with E-state index in [4.69, 9.17) is 5.73 Å². The third-order valence-electron chi connectivity index (χ3n) is 4.03. The molecule has 2 amide bonds. The Balaban J connectivity index is 1.84. The number of nitrogens with one attached hydrogen (secondary N) is 1. The molecule has 1 heterocycles. The molecule has 0 unspecified atom stereocenters. The summed E-state index contributed by atoms with van der Waals surface area (Å²) in [5.41, 5.74) is 8.96. The summed E-state index contributed by atoms with van der Waals surface area (Å²) in [4.78, 5) is 23.7. The van der Waals surface area contributed by atoms with Crippen molar-refractivity contribution in [3.8, 4) is 5.69 Å². The lowest BCUT2D eigenvalue weighted by atomic mass is 10.1. The van der Waals surface area contributed by atoms with Gasteiger partial charge in [-0.1, -0.05) is 47.7 Å². The molecule has 144 valence electrons. The Morgan fingerprint density at radius 3 is 2.54 bits per heavy atom. The minimum Gasteiger partial charge on any atom is -0.369 e. The number of thioether (sulfide) groups is 1. The lowest BCUT2D eigenvalue weighted by Gasteiger charge is -2.11. The third kappa shape index (κ3) is 4.77. The molecule has 0 radical (unpaired) electrons. The summed E-state index contributed by atoms with van der Waals surface area (Å²) in [6, 6.07) is 15.3. The summed E-state index contributed by atoms with van der Waals surface area (Å²) in [5, 5.41) is 11.7. The van der Waals surface area contributed by atoms with Crippen LogP contribution < -0.4 is 11.1 Å². The summed E-state index contributed by atoms with van der Waals surface area (Å²) < 4.78 is 1.77. The summed E-state index contributed by atoms with van der Waals surface area (Å²) in [5.74, 6) is -0.0649. The number of hydrogen-bond acceptors (Lipinski definition) is 5. The van der Waals surface area contributed by atoms with Crippen LogP contribution in [0, 0.1) is 13.8 Å². The number of nitrogens with two attached hydrogens (primary N) is 1. The first kappa shape index (κ1) is 19.6. The summed E-state index contributed by atoms with van der Waals surface area (Å²) in [7, 11) is 0. The van der Waals surface area contributed by atoms with Crippen molar-refractivity contribution < 1.29 is 9.59 Å². The minimum atomic E-state index is -0.443. The molecule has 2 aromatic carbocycles. The van der Waals surface area contributed by atoms with E-state index in [2.05, 4.69) is 15.5 Å². The molecular weight excluding hydrogens is 374 g/mol. The first-order valence-corrected chi connectivity index (χ1v) is 9.70. The molecule has 0 aliphatic heterocycles. The average Bonchev–Trinajstić information content (AvgIpc) is 3.05. The molecule has 0 aliphatic rings. The molecule has 0 fully saturated rings. The van der Waals surface area contributed by atoms with E-state index in [1.54, 1.807) is 4.57 Å². The highest BCUT2D eigenvalue weighted by Gasteiger charge is 2.18. The maximum atomic E-state index is 12.6. The van der Waals surface area contributed by atoms with Crippen LogP contribution in [-0.4, -0.2) is 32.3 Å². The van der Waals surface area contributed by atoms with E-state index in [0.29, 0.717) is 11.0 Å². The van der Waals surface area contributed by atoms with E-state index in [9.17, 15) is 9.59 Å².